The summed E-state index contributed by atoms with van der Waals surface area (Å²) in [5.74, 6) is 0.0187. The minimum Gasteiger partial charge on any atom is -0.337 e. The SMILES string of the molecule is O=C(c1ccccc1)C1CCN(C(=O)c2nccn3ccnc23)CC1. The van der Waals surface area contributed by atoms with Gasteiger partial charge in [-0.1, -0.05) is 30.3 Å². The summed E-state index contributed by atoms with van der Waals surface area (Å²) in [7, 11) is 0. The molecule has 0 radical (unpaired) electrons. The molecule has 1 amide bonds. The van der Waals surface area contributed by atoms with E-state index in [4.69, 9.17) is 0 Å². The molecule has 3 aromatic rings. The van der Waals surface area contributed by atoms with E-state index in [-0.39, 0.29) is 17.6 Å². The third-order valence-corrected chi connectivity index (χ3v) is 4.73. The Labute approximate surface area is 145 Å². The number of hydrogen-bond acceptors (Lipinski definition) is 4. The number of carbonyl (C=O) groups is 2. The summed E-state index contributed by atoms with van der Waals surface area (Å²) in [6.45, 7) is 1.12. The summed E-state index contributed by atoms with van der Waals surface area (Å²) in [4.78, 5) is 35.5. The number of aromatic nitrogens is 3. The molecule has 6 heteroatoms. The Balaban J connectivity index is 1.46. The van der Waals surface area contributed by atoms with Crippen LogP contribution in [0.15, 0.2) is 55.1 Å². The molecule has 0 spiro atoms. The van der Waals surface area contributed by atoms with E-state index in [9.17, 15) is 9.59 Å². The van der Waals surface area contributed by atoms with Crippen molar-refractivity contribution < 1.29 is 9.59 Å². The molecule has 0 N–H and O–H groups in total. The highest BCUT2D eigenvalue weighted by atomic mass is 16.2. The second kappa shape index (κ2) is 6.47. The van der Waals surface area contributed by atoms with Crippen LogP contribution in [0.1, 0.15) is 33.7 Å². The second-order valence-corrected chi connectivity index (χ2v) is 6.23. The van der Waals surface area contributed by atoms with E-state index in [1.165, 1.54) is 0 Å². The number of fused-ring (bicyclic) bond motifs is 1. The minimum absolute atomic E-state index is 0.0263. The summed E-state index contributed by atoms with van der Waals surface area (Å²) in [5, 5.41) is 0. The van der Waals surface area contributed by atoms with Crippen molar-refractivity contribution in [3.63, 3.8) is 0 Å². The first kappa shape index (κ1) is 15.5. The van der Waals surface area contributed by atoms with Crippen LogP contribution in [-0.4, -0.2) is 44.0 Å². The molecule has 6 nitrogen and oxygen atoms in total. The van der Waals surface area contributed by atoms with Crippen LogP contribution in [0.5, 0.6) is 0 Å². The van der Waals surface area contributed by atoms with Gasteiger partial charge in [-0.05, 0) is 12.8 Å². The number of carbonyl (C=O) groups excluding carboxylic acids is 2. The number of benzene rings is 1. The normalized spacial score (nSPS) is 15.4. The average Bonchev–Trinajstić information content (AvgIpc) is 3.16. The van der Waals surface area contributed by atoms with Gasteiger partial charge in [0.15, 0.2) is 17.1 Å². The maximum absolute atomic E-state index is 12.8. The van der Waals surface area contributed by atoms with Gasteiger partial charge in [0.2, 0.25) is 0 Å². The largest absolute Gasteiger partial charge is 0.337 e. The number of imidazole rings is 1. The molecule has 126 valence electrons. The fourth-order valence-corrected chi connectivity index (χ4v) is 3.34. The minimum atomic E-state index is -0.123. The van der Waals surface area contributed by atoms with Crippen LogP contribution in [0, 0.1) is 5.92 Å². The first-order chi connectivity index (χ1) is 12.2. The van der Waals surface area contributed by atoms with Gasteiger partial charge in [0, 0.05) is 49.4 Å². The van der Waals surface area contributed by atoms with Gasteiger partial charge >= 0.3 is 0 Å². The average molecular weight is 334 g/mol. The van der Waals surface area contributed by atoms with Gasteiger partial charge in [-0.25, -0.2) is 9.97 Å². The zero-order chi connectivity index (χ0) is 17.2. The summed E-state index contributed by atoms with van der Waals surface area (Å²) >= 11 is 0. The zero-order valence-corrected chi connectivity index (χ0v) is 13.7. The van der Waals surface area contributed by atoms with Crippen molar-refractivity contribution in [2.45, 2.75) is 12.8 Å². The third-order valence-electron chi connectivity index (χ3n) is 4.73. The topological polar surface area (TPSA) is 67.6 Å². The van der Waals surface area contributed by atoms with E-state index in [0.717, 1.165) is 5.56 Å². The fourth-order valence-electron chi connectivity index (χ4n) is 3.34. The van der Waals surface area contributed by atoms with Gasteiger partial charge < -0.3 is 9.30 Å². The number of ketones is 1. The predicted octanol–water partition coefficient (Wildman–Crippen LogP) is 2.46. The molecule has 1 aliphatic rings. The number of Topliss-reactive ketones (excluding diaryl/α,β-unsaturated/α-hetero) is 1. The Kier molecular flexibility index (Phi) is 4.01. The standard InChI is InChI=1S/C19H18N4O2/c24-17(14-4-2-1-3-5-14)15-6-10-23(11-7-15)19(25)16-18-21-9-13-22(18)12-8-20-16/h1-5,8-9,12-13,15H,6-7,10-11H2. The highest BCUT2D eigenvalue weighted by Crippen LogP contribution is 2.23. The van der Waals surface area contributed by atoms with E-state index in [0.29, 0.717) is 37.3 Å². The molecule has 0 saturated carbocycles. The molecular weight excluding hydrogens is 316 g/mol. The Bertz CT molecular complexity index is 911. The lowest BCUT2D eigenvalue weighted by Gasteiger charge is -2.31. The van der Waals surface area contributed by atoms with Gasteiger partial charge in [-0.3, -0.25) is 9.59 Å². The lowest BCUT2D eigenvalue weighted by Crippen LogP contribution is -2.40. The lowest BCUT2D eigenvalue weighted by molar-refractivity contribution is 0.0646. The number of amides is 1. The highest BCUT2D eigenvalue weighted by molar-refractivity contribution is 5.99. The van der Waals surface area contributed by atoms with Gasteiger partial charge in [0.1, 0.15) is 0 Å². The number of piperidine rings is 1. The van der Waals surface area contributed by atoms with Gasteiger partial charge in [-0.15, -0.1) is 0 Å². The summed E-state index contributed by atoms with van der Waals surface area (Å²) in [5.41, 5.74) is 1.67. The second-order valence-electron chi connectivity index (χ2n) is 6.23. The molecule has 2 aromatic heterocycles. The van der Waals surface area contributed by atoms with Crippen LogP contribution in [0.2, 0.25) is 0 Å². The Morgan fingerprint density at radius 1 is 0.960 bits per heavy atom. The first-order valence-electron chi connectivity index (χ1n) is 8.40. The van der Waals surface area contributed by atoms with E-state index in [1.807, 2.05) is 30.3 Å². The molecule has 1 saturated heterocycles. The molecule has 3 heterocycles. The maximum atomic E-state index is 12.8. The van der Waals surface area contributed by atoms with Crippen molar-refractivity contribution in [2.24, 2.45) is 5.92 Å². The monoisotopic (exact) mass is 334 g/mol. The molecule has 1 fully saturated rings. The van der Waals surface area contributed by atoms with Crippen LogP contribution >= 0.6 is 0 Å². The first-order valence-corrected chi connectivity index (χ1v) is 8.40. The quantitative estimate of drug-likeness (QED) is 0.690. The van der Waals surface area contributed by atoms with Crippen molar-refractivity contribution in [3.05, 3.63) is 66.4 Å². The predicted molar refractivity (Wildman–Crippen MR) is 92.4 cm³/mol. The molecule has 0 aliphatic carbocycles. The highest BCUT2D eigenvalue weighted by Gasteiger charge is 2.29. The van der Waals surface area contributed by atoms with E-state index in [2.05, 4.69) is 9.97 Å². The molecular formula is C19H18N4O2. The smallest absolute Gasteiger partial charge is 0.276 e. The molecule has 0 unspecified atom stereocenters. The van der Waals surface area contributed by atoms with Crippen LogP contribution in [-0.2, 0) is 0 Å². The summed E-state index contributed by atoms with van der Waals surface area (Å²) in [6.07, 6.45) is 8.17. The Morgan fingerprint density at radius 3 is 2.36 bits per heavy atom. The van der Waals surface area contributed by atoms with Crippen LogP contribution in [0.4, 0.5) is 0 Å². The zero-order valence-electron chi connectivity index (χ0n) is 13.7. The third kappa shape index (κ3) is 2.91. The van der Waals surface area contributed by atoms with Crippen LogP contribution in [0.25, 0.3) is 5.65 Å². The molecule has 25 heavy (non-hydrogen) atoms. The maximum Gasteiger partial charge on any atom is 0.276 e. The molecule has 0 bridgehead atoms. The van der Waals surface area contributed by atoms with Crippen molar-refractivity contribution in [1.29, 1.82) is 0 Å². The number of rotatable bonds is 3. The molecule has 4 rings (SSSR count). The van der Waals surface area contributed by atoms with Crippen molar-refractivity contribution in [3.8, 4) is 0 Å². The number of likely N-dealkylation sites (tertiary alicyclic amines) is 1. The van der Waals surface area contributed by atoms with Crippen molar-refractivity contribution in [2.75, 3.05) is 13.1 Å². The van der Waals surface area contributed by atoms with E-state index >= 15 is 0 Å². The van der Waals surface area contributed by atoms with E-state index < -0.39 is 0 Å². The van der Waals surface area contributed by atoms with Crippen molar-refractivity contribution >= 4 is 17.3 Å². The molecule has 0 atom stereocenters. The Morgan fingerprint density at radius 2 is 1.64 bits per heavy atom. The van der Waals surface area contributed by atoms with Crippen molar-refractivity contribution in [1.82, 2.24) is 19.3 Å². The molecule has 1 aromatic carbocycles. The Hall–Kier alpha value is -3.02. The van der Waals surface area contributed by atoms with Crippen LogP contribution < -0.4 is 0 Å². The lowest BCUT2D eigenvalue weighted by atomic mass is 9.89. The van der Waals surface area contributed by atoms with Gasteiger partial charge in [0.25, 0.3) is 5.91 Å². The van der Waals surface area contributed by atoms with Gasteiger partial charge in [-0.2, -0.15) is 0 Å². The number of nitrogens with zero attached hydrogens (tertiary/aromatic N) is 4. The number of hydrogen-bond donors (Lipinski definition) is 0. The summed E-state index contributed by atoms with van der Waals surface area (Å²) < 4.78 is 1.78. The summed E-state index contributed by atoms with van der Waals surface area (Å²) in [6, 6.07) is 9.36. The van der Waals surface area contributed by atoms with Gasteiger partial charge in [0.05, 0.1) is 0 Å². The fraction of sp³-hybridized carbons (Fsp3) is 0.263. The van der Waals surface area contributed by atoms with Crippen LogP contribution in [0.3, 0.4) is 0 Å². The van der Waals surface area contributed by atoms with E-state index in [1.54, 1.807) is 34.1 Å². The molecule has 1 aliphatic heterocycles.